The lowest BCUT2D eigenvalue weighted by molar-refractivity contribution is -0.142. The van der Waals surface area contributed by atoms with Crippen LogP contribution in [0.3, 0.4) is 0 Å². The smallest absolute Gasteiger partial charge is 0.248 e. The van der Waals surface area contributed by atoms with Crippen molar-refractivity contribution in [1.29, 1.82) is 0 Å². The molecule has 3 saturated heterocycles. The Hall–Kier alpha value is -1.63. The predicted octanol–water partition coefficient (Wildman–Crippen LogP) is 2.44. The molecule has 0 bridgehead atoms. The minimum Gasteiger partial charge on any atom is -0.372 e. The monoisotopic (exact) mass is 435 g/mol. The summed E-state index contributed by atoms with van der Waals surface area (Å²) in [6.07, 6.45) is 1.54. The van der Waals surface area contributed by atoms with Crippen molar-refractivity contribution >= 4 is 24.2 Å². The highest BCUT2D eigenvalue weighted by Gasteiger charge is 2.48. The molecule has 0 unspecified atom stereocenters. The van der Waals surface area contributed by atoms with E-state index in [1.165, 1.54) is 5.56 Å². The summed E-state index contributed by atoms with van der Waals surface area (Å²) in [5, 5.41) is 0. The Morgan fingerprint density at radius 2 is 1.73 bits per heavy atom. The van der Waals surface area contributed by atoms with Crippen molar-refractivity contribution in [2.75, 3.05) is 53.0 Å². The maximum atomic E-state index is 13.2. The summed E-state index contributed by atoms with van der Waals surface area (Å²) in [6.45, 7) is 6.71. The Bertz CT molecular complexity index is 724. The van der Waals surface area contributed by atoms with Crippen LogP contribution in [0.25, 0.3) is 0 Å². The largest absolute Gasteiger partial charge is 0.372 e. The topological polar surface area (TPSA) is 53.1 Å². The highest BCUT2D eigenvalue weighted by atomic mass is 35.5. The Balaban J connectivity index is 0.00000256. The van der Waals surface area contributed by atoms with E-state index in [1.54, 1.807) is 0 Å². The van der Waals surface area contributed by atoms with Crippen LogP contribution in [0.1, 0.15) is 31.4 Å². The lowest BCUT2D eigenvalue weighted by Crippen LogP contribution is -2.45. The number of ether oxygens (including phenoxy) is 1. The molecule has 0 saturated carbocycles. The summed E-state index contributed by atoms with van der Waals surface area (Å²) in [4.78, 5) is 31.7. The van der Waals surface area contributed by atoms with Crippen LogP contribution < -0.4 is 0 Å². The average Bonchev–Trinajstić information content (AvgIpc) is 3.28. The van der Waals surface area contributed by atoms with Crippen molar-refractivity contribution in [1.82, 2.24) is 14.7 Å². The van der Waals surface area contributed by atoms with Crippen LogP contribution in [-0.4, -0.2) is 79.5 Å². The lowest BCUT2D eigenvalue weighted by Gasteiger charge is -2.34. The van der Waals surface area contributed by atoms with Gasteiger partial charge in [0.25, 0.3) is 0 Å². The number of fused-ring (bicyclic) bond motifs is 1. The number of nitrogens with zero attached hydrogens (tertiary/aromatic N) is 3. The van der Waals surface area contributed by atoms with Gasteiger partial charge >= 0.3 is 0 Å². The molecule has 7 heteroatoms. The van der Waals surface area contributed by atoms with Gasteiger partial charge in [0.05, 0.1) is 0 Å². The highest BCUT2D eigenvalue weighted by Crippen LogP contribution is 2.44. The van der Waals surface area contributed by atoms with Crippen molar-refractivity contribution in [3.05, 3.63) is 35.9 Å². The minimum atomic E-state index is 0. The van der Waals surface area contributed by atoms with E-state index in [4.69, 9.17) is 4.74 Å². The summed E-state index contributed by atoms with van der Waals surface area (Å²) in [7, 11) is 2.21. The minimum absolute atomic E-state index is 0. The molecule has 2 amide bonds. The van der Waals surface area contributed by atoms with Crippen LogP contribution in [0.5, 0.6) is 0 Å². The molecule has 4 rings (SSSR count). The number of likely N-dealkylation sites (tertiary alicyclic amines) is 3. The van der Waals surface area contributed by atoms with Crippen molar-refractivity contribution < 1.29 is 14.3 Å². The fraction of sp³-hybridized carbons (Fsp3) is 0.652. The fourth-order valence-corrected chi connectivity index (χ4v) is 5.50. The molecular weight excluding hydrogens is 402 g/mol. The molecule has 0 aromatic heterocycles. The number of hydrogen-bond donors (Lipinski definition) is 0. The molecule has 166 valence electrons. The molecule has 0 N–H and O–H groups in total. The second-order valence-corrected chi connectivity index (χ2v) is 8.75. The van der Waals surface area contributed by atoms with E-state index in [9.17, 15) is 9.59 Å². The van der Waals surface area contributed by atoms with Gasteiger partial charge in [-0.1, -0.05) is 30.3 Å². The Kier molecular flexibility index (Phi) is 7.77. The quantitative estimate of drug-likeness (QED) is 0.712. The van der Waals surface area contributed by atoms with Crippen molar-refractivity contribution in [3.63, 3.8) is 0 Å². The van der Waals surface area contributed by atoms with E-state index >= 15 is 0 Å². The number of hydrogen-bond acceptors (Lipinski definition) is 4. The third-order valence-electron chi connectivity index (χ3n) is 6.97. The number of rotatable bonds is 5. The van der Waals surface area contributed by atoms with Gasteiger partial charge in [-0.05, 0) is 38.3 Å². The van der Waals surface area contributed by atoms with Crippen LogP contribution >= 0.6 is 12.4 Å². The van der Waals surface area contributed by atoms with Crippen LogP contribution in [0.15, 0.2) is 30.3 Å². The van der Waals surface area contributed by atoms with Crippen LogP contribution in [0.4, 0.5) is 0 Å². The third-order valence-corrected chi connectivity index (χ3v) is 6.97. The molecule has 30 heavy (non-hydrogen) atoms. The van der Waals surface area contributed by atoms with Gasteiger partial charge in [-0.3, -0.25) is 14.5 Å². The van der Waals surface area contributed by atoms with Crippen LogP contribution in [-0.2, 0) is 14.3 Å². The van der Waals surface area contributed by atoms with E-state index < -0.39 is 0 Å². The summed E-state index contributed by atoms with van der Waals surface area (Å²) in [6, 6.07) is 11.1. The number of halogens is 1. The van der Waals surface area contributed by atoms with Gasteiger partial charge in [-0.15, -0.1) is 12.4 Å². The second-order valence-electron chi connectivity index (χ2n) is 8.75. The molecule has 3 heterocycles. The van der Waals surface area contributed by atoms with E-state index in [0.29, 0.717) is 43.5 Å². The van der Waals surface area contributed by atoms with E-state index in [-0.39, 0.29) is 30.8 Å². The Labute approximate surface area is 185 Å². The average molecular weight is 436 g/mol. The van der Waals surface area contributed by atoms with Gasteiger partial charge < -0.3 is 14.5 Å². The molecule has 0 spiro atoms. The number of carbonyl (C=O) groups excluding carboxylic acids is 2. The third kappa shape index (κ3) is 4.66. The maximum Gasteiger partial charge on any atom is 0.248 e. The van der Waals surface area contributed by atoms with E-state index in [0.717, 1.165) is 32.5 Å². The van der Waals surface area contributed by atoms with E-state index in [1.807, 2.05) is 11.8 Å². The van der Waals surface area contributed by atoms with Gasteiger partial charge in [0.1, 0.15) is 6.61 Å². The maximum absolute atomic E-state index is 13.2. The first-order chi connectivity index (χ1) is 14.1. The molecule has 3 aliphatic heterocycles. The van der Waals surface area contributed by atoms with Gasteiger partial charge in [0.15, 0.2) is 0 Å². The Morgan fingerprint density at radius 1 is 1.03 bits per heavy atom. The first-order valence-electron chi connectivity index (χ1n) is 11.0. The van der Waals surface area contributed by atoms with Crippen molar-refractivity contribution in [2.45, 2.75) is 25.8 Å². The zero-order valence-corrected chi connectivity index (χ0v) is 18.9. The zero-order valence-electron chi connectivity index (χ0n) is 18.0. The lowest BCUT2D eigenvalue weighted by atomic mass is 9.90. The summed E-state index contributed by atoms with van der Waals surface area (Å²) in [5.74, 6) is 1.46. The molecule has 0 radical (unpaired) electrons. The first kappa shape index (κ1) is 23.0. The first-order valence-corrected chi connectivity index (χ1v) is 11.0. The van der Waals surface area contributed by atoms with Gasteiger partial charge in [-0.2, -0.15) is 0 Å². The fourth-order valence-electron chi connectivity index (χ4n) is 5.50. The summed E-state index contributed by atoms with van der Waals surface area (Å²) in [5.41, 5.74) is 1.36. The van der Waals surface area contributed by atoms with Crippen molar-refractivity contribution in [2.24, 2.45) is 17.8 Å². The number of piperidine rings is 1. The molecule has 3 fully saturated rings. The molecule has 3 aliphatic rings. The molecule has 1 aromatic carbocycles. The van der Waals surface area contributed by atoms with E-state index in [2.05, 4.69) is 47.2 Å². The number of benzene rings is 1. The number of amides is 2. The molecule has 3 atom stereocenters. The molecule has 6 nitrogen and oxygen atoms in total. The summed E-state index contributed by atoms with van der Waals surface area (Å²) < 4.78 is 5.23. The van der Waals surface area contributed by atoms with Crippen molar-refractivity contribution in [3.8, 4) is 0 Å². The molecule has 0 aliphatic carbocycles. The Morgan fingerprint density at radius 3 is 2.40 bits per heavy atom. The zero-order chi connectivity index (χ0) is 20.4. The van der Waals surface area contributed by atoms with Gasteiger partial charge in [0.2, 0.25) is 11.8 Å². The number of carbonyl (C=O) groups is 2. The normalized spacial score (nSPS) is 27.1. The van der Waals surface area contributed by atoms with Gasteiger partial charge in [0, 0.05) is 57.2 Å². The van der Waals surface area contributed by atoms with Crippen LogP contribution in [0, 0.1) is 17.8 Å². The molecular formula is C23H34ClN3O3. The standard InChI is InChI=1S/C23H33N3O3.ClH/c1-3-29-16-21(27)25-11-9-18(10-12-25)23(28)26-14-19-13-24(2)22(20(19)15-26)17-7-5-4-6-8-17;/h4-8,18-20,22H,3,9-16H2,1-2H3;1H/t19-,20+,22-;/m0./s1. The predicted molar refractivity (Wildman–Crippen MR) is 118 cm³/mol. The summed E-state index contributed by atoms with van der Waals surface area (Å²) >= 11 is 0. The van der Waals surface area contributed by atoms with Crippen LogP contribution in [0.2, 0.25) is 0 Å². The second kappa shape index (κ2) is 10.1. The molecule has 1 aromatic rings. The van der Waals surface area contributed by atoms with Gasteiger partial charge in [-0.25, -0.2) is 0 Å². The SMILES string of the molecule is CCOCC(=O)N1CCC(C(=O)N2C[C@@H]3CN(C)[C@@H](c4ccccc4)[C@@H]3C2)CC1.Cl. The highest BCUT2D eigenvalue weighted by molar-refractivity contribution is 5.85.